The molecule has 0 saturated heterocycles. The Morgan fingerprint density at radius 3 is 1.86 bits per heavy atom. The fourth-order valence-corrected chi connectivity index (χ4v) is 2.36. The van der Waals surface area contributed by atoms with Crippen LogP contribution in [-0.4, -0.2) is 9.97 Å². The molecule has 104 valence electrons. The van der Waals surface area contributed by atoms with E-state index in [1.807, 2.05) is 42.5 Å². The second kappa shape index (κ2) is 6.18. The molecule has 0 bridgehead atoms. The molecule has 0 aliphatic rings. The molecule has 0 spiro atoms. The van der Waals surface area contributed by atoms with Gasteiger partial charge in [0.1, 0.15) is 11.6 Å². The van der Waals surface area contributed by atoms with Crippen molar-refractivity contribution in [3.05, 3.63) is 78.6 Å². The second-order valence-corrected chi connectivity index (χ2v) is 4.69. The minimum atomic E-state index is 0.872. The number of aromatic nitrogens is 2. The highest BCUT2D eigenvalue weighted by Gasteiger charge is 2.16. The summed E-state index contributed by atoms with van der Waals surface area (Å²) in [6, 6.07) is 20.2. The fraction of sp³-hybridized carbons (Fsp3) is 0.111. The maximum atomic E-state index is 4.49. The van der Waals surface area contributed by atoms with E-state index in [0.29, 0.717) is 0 Å². The number of pyridine rings is 2. The van der Waals surface area contributed by atoms with Gasteiger partial charge in [-0.15, -0.1) is 0 Å². The Morgan fingerprint density at radius 2 is 1.33 bits per heavy atom. The Kier molecular flexibility index (Phi) is 3.92. The van der Waals surface area contributed by atoms with Gasteiger partial charge in [-0.1, -0.05) is 37.3 Å². The zero-order chi connectivity index (χ0) is 14.5. The molecule has 2 aromatic heterocycles. The van der Waals surface area contributed by atoms with Crippen LogP contribution in [0.4, 0.5) is 17.3 Å². The van der Waals surface area contributed by atoms with Crippen molar-refractivity contribution in [1.82, 2.24) is 9.97 Å². The first-order valence-corrected chi connectivity index (χ1v) is 7.10. The van der Waals surface area contributed by atoms with Crippen molar-refractivity contribution in [2.75, 3.05) is 4.90 Å². The summed E-state index contributed by atoms with van der Waals surface area (Å²) in [5, 5.41) is 0. The van der Waals surface area contributed by atoms with E-state index < -0.39 is 0 Å². The smallest absolute Gasteiger partial charge is 0.138 e. The molecule has 0 amide bonds. The number of hydrogen-bond acceptors (Lipinski definition) is 3. The van der Waals surface area contributed by atoms with Crippen molar-refractivity contribution >= 4 is 17.3 Å². The van der Waals surface area contributed by atoms with Gasteiger partial charge in [0.2, 0.25) is 0 Å². The van der Waals surface area contributed by atoms with Crippen LogP contribution in [0.15, 0.2) is 73.1 Å². The van der Waals surface area contributed by atoms with E-state index in [-0.39, 0.29) is 0 Å². The first-order chi connectivity index (χ1) is 10.4. The van der Waals surface area contributed by atoms with Gasteiger partial charge in [-0.3, -0.25) is 4.90 Å². The van der Waals surface area contributed by atoms with Crippen molar-refractivity contribution in [3.8, 4) is 0 Å². The quantitative estimate of drug-likeness (QED) is 0.701. The molecule has 0 aliphatic carbocycles. The van der Waals surface area contributed by atoms with E-state index in [9.17, 15) is 0 Å². The Hall–Kier alpha value is -2.68. The Balaban J connectivity index is 2.17. The standard InChI is InChI=1S/C18H17N3/c1-2-15-9-3-4-10-16(15)21(17-11-5-7-13-19-17)18-12-6-8-14-20-18/h3-14H,2H2,1H3. The Bertz CT molecular complexity index is 656. The van der Waals surface area contributed by atoms with E-state index in [0.717, 1.165) is 23.7 Å². The molecule has 0 saturated carbocycles. The topological polar surface area (TPSA) is 29.0 Å². The van der Waals surface area contributed by atoms with E-state index in [1.165, 1.54) is 5.56 Å². The second-order valence-electron chi connectivity index (χ2n) is 4.69. The fourth-order valence-electron chi connectivity index (χ4n) is 2.36. The van der Waals surface area contributed by atoms with Crippen LogP contribution < -0.4 is 4.90 Å². The van der Waals surface area contributed by atoms with Gasteiger partial charge in [-0.05, 0) is 42.3 Å². The van der Waals surface area contributed by atoms with Crippen molar-refractivity contribution in [2.24, 2.45) is 0 Å². The van der Waals surface area contributed by atoms with Gasteiger partial charge < -0.3 is 0 Å². The molecule has 3 heteroatoms. The van der Waals surface area contributed by atoms with Gasteiger partial charge in [0.25, 0.3) is 0 Å². The lowest BCUT2D eigenvalue weighted by Crippen LogP contribution is -2.14. The number of aryl methyl sites for hydroxylation is 1. The first-order valence-electron chi connectivity index (χ1n) is 7.10. The first kappa shape index (κ1) is 13.3. The lowest BCUT2D eigenvalue weighted by Gasteiger charge is -2.25. The Morgan fingerprint density at radius 1 is 0.762 bits per heavy atom. The van der Waals surface area contributed by atoms with Crippen LogP contribution in [0.1, 0.15) is 12.5 Å². The van der Waals surface area contributed by atoms with Crippen LogP contribution in [-0.2, 0) is 6.42 Å². The number of para-hydroxylation sites is 1. The predicted molar refractivity (Wildman–Crippen MR) is 86.1 cm³/mol. The summed E-state index contributed by atoms with van der Waals surface area (Å²) in [7, 11) is 0. The molecule has 2 heterocycles. The van der Waals surface area contributed by atoms with Gasteiger partial charge in [0.15, 0.2) is 0 Å². The number of hydrogen-bond donors (Lipinski definition) is 0. The summed E-state index contributed by atoms with van der Waals surface area (Å²) in [6.45, 7) is 2.16. The molecule has 0 atom stereocenters. The average molecular weight is 275 g/mol. The summed E-state index contributed by atoms with van der Waals surface area (Å²) in [5.41, 5.74) is 2.39. The molecule has 0 aliphatic heterocycles. The maximum Gasteiger partial charge on any atom is 0.138 e. The minimum absolute atomic E-state index is 0.872. The maximum absolute atomic E-state index is 4.49. The molecule has 3 rings (SSSR count). The molecular weight excluding hydrogens is 258 g/mol. The molecule has 0 unspecified atom stereocenters. The van der Waals surface area contributed by atoms with Crippen molar-refractivity contribution in [3.63, 3.8) is 0 Å². The summed E-state index contributed by atoms with van der Waals surface area (Å²) in [5.74, 6) is 1.74. The van der Waals surface area contributed by atoms with E-state index >= 15 is 0 Å². The molecule has 1 aromatic carbocycles. The van der Waals surface area contributed by atoms with Crippen LogP contribution in [0.3, 0.4) is 0 Å². The van der Waals surface area contributed by atoms with Gasteiger partial charge in [-0.2, -0.15) is 0 Å². The van der Waals surface area contributed by atoms with Gasteiger partial charge in [0, 0.05) is 12.4 Å². The van der Waals surface area contributed by atoms with Crippen LogP contribution in [0.25, 0.3) is 0 Å². The van der Waals surface area contributed by atoms with Crippen LogP contribution in [0.5, 0.6) is 0 Å². The number of rotatable bonds is 4. The average Bonchev–Trinajstić information content (AvgIpc) is 2.58. The third-order valence-electron chi connectivity index (χ3n) is 3.37. The zero-order valence-electron chi connectivity index (χ0n) is 12.0. The Labute approximate surface area is 124 Å². The highest BCUT2D eigenvalue weighted by Crippen LogP contribution is 2.33. The summed E-state index contributed by atoms with van der Waals surface area (Å²) >= 11 is 0. The third-order valence-corrected chi connectivity index (χ3v) is 3.37. The van der Waals surface area contributed by atoms with Crippen LogP contribution in [0, 0.1) is 0 Å². The summed E-state index contributed by atoms with van der Waals surface area (Å²) < 4.78 is 0. The number of benzene rings is 1. The summed E-state index contributed by atoms with van der Waals surface area (Å²) in [4.78, 5) is 11.1. The molecular formula is C18H17N3. The van der Waals surface area contributed by atoms with Gasteiger partial charge in [0.05, 0.1) is 5.69 Å². The van der Waals surface area contributed by atoms with E-state index in [2.05, 4.69) is 40.0 Å². The van der Waals surface area contributed by atoms with Crippen LogP contribution in [0.2, 0.25) is 0 Å². The van der Waals surface area contributed by atoms with Crippen molar-refractivity contribution in [2.45, 2.75) is 13.3 Å². The molecule has 0 radical (unpaired) electrons. The highest BCUT2D eigenvalue weighted by molar-refractivity contribution is 5.74. The lowest BCUT2D eigenvalue weighted by atomic mass is 10.1. The zero-order valence-corrected chi connectivity index (χ0v) is 12.0. The minimum Gasteiger partial charge on any atom is -0.279 e. The largest absolute Gasteiger partial charge is 0.279 e. The number of anilines is 3. The van der Waals surface area contributed by atoms with Crippen molar-refractivity contribution < 1.29 is 0 Å². The van der Waals surface area contributed by atoms with Crippen LogP contribution >= 0.6 is 0 Å². The highest BCUT2D eigenvalue weighted by atomic mass is 15.2. The van der Waals surface area contributed by atoms with Crippen molar-refractivity contribution in [1.29, 1.82) is 0 Å². The lowest BCUT2D eigenvalue weighted by molar-refractivity contribution is 1.07. The third kappa shape index (κ3) is 2.77. The normalized spacial score (nSPS) is 10.3. The molecule has 3 nitrogen and oxygen atoms in total. The van der Waals surface area contributed by atoms with E-state index in [4.69, 9.17) is 0 Å². The summed E-state index contributed by atoms with van der Waals surface area (Å²) in [6.07, 6.45) is 4.58. The number of nitrogens with zero attached hydrogens (tertiary/aromatic N) is 3. The predicted octanol–water partition coefficient (Wildman–Crippen LogP) is 4.51. The SMILES string of the molecule is CCc1ccccc1N(c1ccccn1)c1ccccn1. The van der Waals surface area contributed by atoms with Gasteiger partial charge >= 0.3 is 0 Å². The monoisotopic (exact) mass is 275 g/mol. The van der Waals surface area contributed by atoms with E-state index in [1.54, 1.807) is 12.4 Å². The van der Waals surface area contributed by atoms with Gasteiger partial charge in [-0.25, -0.2) is 9.97 Å². The molecule has 21 heavy (non-hydrogen) atoms. The molecule has 0 N–H and O–H groups in total. The molecule has 0 fully saturated rings. The molecule has 3 aromatic rings.